The molecule has 1 aromatic rings. The number of rotatable bonds is 2. The summed E-state index contributed by atoms with van der Waals surface area (Å²) in [5.41, 5.74) is 5.49. The second-order valence-corrected chi connectivity index (χ2v) is 5.56. The molecule has 1 aliphatic rings. The van der Waals surface area contributed by atoms with Crippen LogP contribution in [0.4, 0.5) is 10.1 Å². The molecule has 0 bridgehead atoms. The number of β-amino-alcohol motifs (C(OH)–C–C–N with tert-alkyl or cyclic N) is 1. The Hall–Kier alpha value is -1.18. The zero-order chi connectivity index (χ0) is 11.9. The molecular weight excluding hydrogens is 235 g/mol. The van der Waals surface area contributed by atoms with Gasteiger partial charge in [-0.2, -0.15) is 4.31 Å². The van der Waals surface area contributed by atoms with Gasteiger partial charge in [-0.3, -0.25) is 0 Å². The van der Waals surface area contributed by atoms with Crippen LogP contribution in [-0.2, 0) is 10.0 Å². The summed E-state index contributed by atoms with van der Waals surface area (Å²) in [4.78, 5) is -0.251. The number of nitrogen functional groups attached to an aromatic ring is 1. The summed E-state index contributed by atoms with van der Waals surface area (Å²) in [7, 11) is -3.78. The molecule has 7 heteroatoms. The van der Waals surface area contributed by atoms with Gasteiger partial charge in [0.25, 0.3) is 0 Å². The average Bonchev–Trinajstić information content (AvgIpc) is 2.16. The summed E-state index contributed by atoms with van der Waals surface area (Å²) in [6.45, 7) is 0.0522. The van der Waals surface area contributed by atoms with Crippen molar-refractivity contribution < 1.29 is 17.9 Å². The Bertz CT molecular complexity index is 511. The predicted molar refractivity (Wildman–Crippen MR) is 55.6 cm³/mol. The van der Waals surface area contributed by atoms with Gasteiger partial charge in [0.05, 0.1) is 11.8 Å². The van der Waals surface area contributed by atoms with E-state index in [1.165, 1.54) is 6.07 Å². The first-order chi connectivity index (χ1) is 7.41. The van der Waals surface area contributed by atoms with Gasteiger partial charge >= 0.3 is 0 Å². The monoisotopic (exact) mass is 246 g/mol. The van der Waals surface area contributed by atoms with E-state index in [2.05, 4.69) is 0 Å². The van der Waals surface area contributed by atoms with Gasteiger partial charge in [-0.25, -0.2) is 12.8 Å². The molecular formula is C9H11FN2O3S. The lowest BCUT2D eigenvalue weighted by molar-refractivity contribution is 0.0548. The molecule has 1 heterocycles. The summed E-state index contributed by atoms with van der Waals surface area (Å²) in [6.07, 6.45) is -0.649. The van der Waals surface area contributed by atoms with Crippen LogP contribution in [0.25, 0.3) is 0 Å². The summed E-state index contributed by atoms with van der Waals surface area (Å²) < 4.78 is 37.8. The molecule has 1 aromatic carbocycles. The van der Waals surface area contributed by atoms with Gasteiger partial charge in [-0.1, -0.05) is 0 Å². The molecule has 0 aromatic heterocycles. The molecule has 5 nitrogen and oxygen atoms in total. The van der Waals surface area contributed by atoms with Gasteiger partial charge in [-0.15, -0.1) is 0 Å². The van der Waals surface area contributed by atoms with Crippen molar-refractivity contribution in [2.75, 3.05) is 18.8 Å². The lowest BCUT2D eigenvalue weighted by atomic mass is 10.2. The maximum absolute atomic E-state index is 13.0. The van der Waals surface area contributed by atoms with Gasteiger partial charge in [-0.05, 0) is 18.2 Å². The number of aliphatic hydroxyl groups is 1. The smallest absolute Gasteiger partial charge is 0.245 e. The highest BCUT2D eigenvalue weighted by molar-refractivity contribution is 7.89. The van der Waals surface area contributed by atoms with Gasteiger partial charge < -0.3 is 10.8 Å². The maximum atomic E-state index is 13.0. The number of hydrogen-bond acceptors (Lipinski definition) is 4. The molecule has 88 valence electrons. The summed E-state index contributed by atoms with van der Waals surface area (Å²) in [5, 5.41) is 9.04. The Labute approximate surface area is 92.3 Å². The van der Waals surface area contributed by atoms with Crippen LogP contribution in [0, 0.1) is 5.82 Å². The number of sulfonamides is 1. The second-order valence-electron chi connectivity index (χ2n) is 3.66. The fraction of sp³-hybridized carbons (Fsp3) is 0.333. The van der Waals surface area contributed by atoms with Crippen molar-refractivity contribution in [3.63, 3.8) is 0 Å². The normalized spacial score (nSPS) is 18.4. The van der Waals surface area contributed by atoms with Gasteiger partial charge in [0.2, 0.25) is 10.0 Å². The van der Waals surface area contributed by atoms with Crippen LogP contribution in [0.15, 0.2) is 23.1 Å². The topological polar surface area (TPSA) is 83.6 Å². The molecule has 1 saturated heterocycles. The molecule has 0 spiro atoms. The maximum Gasteiger partial charge on any atom is 0.245 e. The number of halogens is 1. The zero-order valence-electron chi connectivity index (χ0n) is 8.30. The molecule has 0 saturated carbocycles. The van der Waals surface area contributed by atoms with Gasteiger partial charge in [0, 0.05) is 13.1 Å². The van der Waals surface area contributed by atoms with Crippen LogP contribution < -0.4 is 5.73 Å². The molecule has 1 fully saturated rings. The van der Waals surface area contributed by atoms with Crippen molar-refractivity contribution >= 4 is 15.7 Å². The Balaban J connectivity index is 2.40. The first kappa shape index (κ1) is 11.3. The number of aliphatic hydroxyl groups excluding tert-OH is 1. The minimum absolute atomic E-state index is 0.00258. The minimum atomic E-state index is -3.78. The average molecular weight is 246 g/mol. The molecule has 0 amide bonds. The molecule has 0 unspecified atom stereocenters. The number of nitrogens with two attached hydrogens (primary N) is 1. The first-order valence-electron chi connectivity index (χ1n) is 4.64. The first-order valence-corrected chi connectivity index (χ1v) is 6.08. The van der Waals surface area contributed by atoms with E-state index >= 15 is 0 Å². The van der Waals surface area contributed by atoms with E-state index in [1.807, 2.05) is 0 Å². The number of anilines is 1. The Kier molecular flexibility index (Phi) is 2.61. The van der Waals surface area contributed by atoms with Crippen molar-refractivity contribution in [3.8, 4) is 0 Å². The van der Waals surface area contributed by atoms with Crippen LogP contribution in [0.5, 0.6) is 0 Å². The molecule has 3 N–H and O–H groups in total. The van der Waals surface area contributed by atoms with Gasteiger partial charge in [0.15, 0.2) is 0 Å². The van der Waals surface area contributed by atoms with Crippen LogP contribution in [0.3, 0.4) is 0 Å². The Morgan fingerprint density at radius 1 is 1.44 bits per heavy atom. The highest BCUT2D eigenvalue weighted by Crippen LogP contribution is 2.26. The SMILES string of the molecule is Nc1ccc(F)cc1S(=O)(=O)N1CC(O)C1. The van der Waals surface area contributed by atoms with Crippen LogP contribution in [0.2, 0.25) is 0 Å². The number of benzene rings is 1. The standard InChI is InChI=1S/C9H11FN2O3S/c10-6-1-2-8(11)9(3-6)16(14,15)12-4-7(13)5-12/h1-3,7,13H,4-5,11H2. The lowest BCUT2D eigenvalue weighted by Gasteiger charge is -2.34. The second kappa shape index (κ2) is 3.69. The van der Waals surface area contributed by atoms with E-state index in [0.29, 0.717) is 0 Å². The fourth-order valence-electron chi connectivity index (χ4n) is 1.48. The van der Waals surface area contributed by atoms with Crippen molar-refractivity contribution in [2.45, 2.75) is 11.0 Å². The summed E-state index contributed by atoms with van der Waals surface area (Å²) >= 11 is 0. The van der Waals surface area contributed by atoms with E-state index < -0.39 is 21.9 Å². The molecule has 0 atom stereocenters. The van der Waals surface area contributed by atoms with Crippen molar-refractivity contribution in [3.05, 3.63) is 24.0 Å². The third-order valence-electron chi connectivity index (χ3n) is 2.42. The van der Waals surface area contributed by atoms with E-state index in [9.17, 15) is 12.8 Å². The van der Waals surface area contributed by atoms with Crippen LogP contribution in [-0.4, -0.2) is 37.0 Å². The third-order valence-corrected chi connectivity index (χ3v) is 4.31. The van der Waals surface area contributed by atoms with E-state index in [1.54, 1.807) is 0 Å². The lowest BCUT2D eigenvalue weighted by Crippen LogP contribution is -2.53. The Morgan fingerprint density at radius 2 is 2.06 bits per heavy atom. The number of hydrogen-bond donors (Lipinski definition) is 2. The minimum Gasteiger partial charge on any atom is -0.398 e. The third kappa shape index (κ3) is 1.77. The fourth-order valence-corrected chi connectivity index (χ4v) is 3.13. The molecule has 0 radical (unpaired) electrons. The Morgan fingerprint density at radius 3 is 2.62 bits per heavy atom. The number of nitrogens with zero attached hydrogens (tertiary/aromatic N) is 1. The zero-order valence-corrected chi connectivity index (χ0v) is 9.11. The van der Waals surface area contributed by atoms with Crippen LogP contribution >= 0.6 is 0 Å². The highest BCUT2D eigenvalue weighted by atomic mass is 32.2. The molecule has 0 aliphatic carbocycles. The van der Waals surface area contributed by atoms with E-state index in [-0.39, 0.29) is 23.7 Å². The molecule has 1 aliphatic heterocycles. The summed E-state index contributed by atoms with van der Waals surface area (Å²) in [6, 6.07) is 3.19. The quantitative estimate of drug-likeness (QED) is 0.706. The highest BCUT2D eigenvalue weighted by Gasteiger charge is 2.36. The molecule has 16 heavy (non-hydrogen) atoms. The van der Waals surface area contributed by atoms with Gasteiger partial charge in [0.1, 0.15) is 10.7 Å². The van der Waals surface area contributed by atoms with Crippen molar-refractivity contribution in [1.82, 2.24) is 4.31 Å². The largest absolute Gasteiger partial charge is 0.398 e. The van der Waals surface area contributed by atoms with Crippen LogP contribution in [0.1, 0.15) is 0 Å². The van der Waals surface area contributed by atoms with E-state index in [0.717, 1.165) is 16.4 Å². The molecule has 2 rings (SSSR count). The van der Waals surface area contributed by atoms with Crippen molar-refractivity contribution in [2.24, 2.45) is 0 Å². The predicted octanol–water partition coefficient (Wildman–Crippen LogP) is -0.227. The van der Waals surface area contributed by atoms with E-state index in [4.69, 9.17) is 10.8 Å². The van der Waals surface area contributed by atoms with Crippen molar-refractivity contribution in [1.29, 1.82) is 0 Å². The summed E-state index contributed by atoms with van der Waals surface area (Å²) in [5.74, 6) is -0.658.